The van der Waals surface area contributed by atoms with Gasteiger partial charge in [-0.05, 0) is 6.42 Å². The van der Waals surface area contributed by atoms with E-state index < -0.39 is 0 Å². The van der Waals surface area contributed by atoms with Gasteiger partial charge in [0.2, 0.25) is 0 Å². The third-order valence-corrected chi connectivity index (χ3v) is 3.45. The molecule has 106 valence electrons. The number of hydrogen-bond donors (Lipinski definition) is 3. The molecule has 0 spiro atoms. The standard InChI is InChI=1S/C13H16N4O2S/c1-2-10(8-18)14-13(19)15-12-11(16-17-20-12)9-6-4-3-5-7-9/h3-7,10,18H,2,8H2,1H3,(H2,14,15,19)/t10-/m1/s1. The Balaban J connectivity index is 2.08. The number of nitrogens with zero attached hydrogens (tertiary/aromatic N) is 2. The maximum atomic E-state index is 11.8. The van der Waals surface area contributed by atoms with Crippen molar-refractivity contribution < 1.29 is 9.90 Å². The van der Waals surface area contributed by atoms with Crippen LogP contribution in [0, 0.1) is 0 Å². The van der Waals surface area contributed by atoms with Gasteiger partial charge in [0.25, 0.3) is 0 Å². The van der Waals surface area contributed by atoms with Crippen LogP contribution in [0.1, 0.15) is 13.3 Å². The third kappa shape index (κ3) is 3.52. The number of amides is 2. The Labute approximate surface area is 121 Å². The number of hydrogen-bond acceptors (Lipinski definition) is 5. The molecule has 20 heavy (non-hydrogen) atoms. The molecule has 0 fully saturated rings. The molecule has 2 amide bonds. The molecule has 0 aliphatic heterocycles. The smallest absolute Gasteiger partial charge is 0.320 e. The van der Waals surface area contributed by atoms with E-state index in [9.17, 15) is 4.79 Å². The molecule has 2 aromatic rings. The van der Waals surface area contributed by atoms with Crippen molar-refractivity contribution in [2.75, 3.05) is 11.9 Å². The number of carbonyl (C=O) groups is 1. The first kappa shape index (κ1) is 14.4. The van der Waals surface area contributed by atoms with Crippen LogP contribution in [0.3, 0.4) is 0 Å². The first-order chi connectivity index (χ1) is 9.74. The minimum atomic E-state index is -0.367. The van der Waals surface area contributed by atoms with Crippen LogP contribution in [0.15, 0.2) is 30.3 Å². The highest BCUT2D eigenvalue weighted by atomic mass is 32.1. The van der Waals surface area contributed by atoms with Crippen LogP contribution >= 0.6 is 11.5 Å². The first-order valence-electron chi connectivity index (χ1n) is 6.30. The van der Waals surface area contributed by atoms with Gasteiger partial charge in [-0.1, -0.05) is 41.7 Å². The molecule has 1 aromatic carbocycles. The topological polar surface area (TPSA) is 87.1 Å². The van der Waals surface area contributed by atoms with Crippen LogP contribution in [0.25, 0.3) is 11.3 Å². The number of benzene rings is 1. The summed E-state index contributed by atoms with van der Waals surface area (Å²) >= 11 is 1.12. The molecule has 6 nitrogen and oxygen atoms in total. The average molecular weight is 292 g/mol. The van der Waals surface area contributed by atoms with Gasteiger partial charge in [0.1, 0.15) is 10.7 Å². The molecule has 1 atom stereocenters. The van der Waals surface area contributed by atoms with Gasteiger partial charge in [0, 0.05) is 17.1 Å². The number of urea groups is 1. The predicted molar refractivity (Wildman–Crippen MR) is 78.7 cm³/mol. The Morgan fingerprint density at radius 3 is 2.80 bits per heavy atom. The Morgan fingerprint density at radius 2 is 2.15 bits per heavy atom. The van der Waals surface area contributed by atoms with Crippen LogP contribution in [0.5, 0.6) is 0 Å². The lowest BCUT2D eigenvalue weighted by molar-refractivity contribution is 0.222. The van der Waals surface area contributed by atoms with Gasteiger partial charge in [-0.15, -0.1) is 5.10 Å². The van der Waals surface area contributed by atoms with E-state index in [-0.39, 0.29) is 18.7 Å². The molecule has 0 bridgehead atoms. The molecule has 0 aliphatic carbocycles. The lowest BCUT2D eigenvalue weighted by Crippen LogP contribution is -2.39. The summed E-state index contributed by atoms with van der Waals surface area (Å²) in [5, 5.41) is 19.1. The second kappa shape index (κ2) is 6.97. The van der Waals surface area contributed by atoms with E-state index in [1.807, 2.05) is 37.3 Å². The number of carbonyl (C=O) groups excluding carboxylic acids is 1. The highest BCUT2D eigenvalue weighted by molar-refractivity contribution is 7.10. The normalized spacial score (nSPS) is 11.9. The van der Waals surface area contributed by atoms with Crippen molar-refractivity contribution in [2.24, 2.45) is 0 Å². The van der Waals surface area contributed by atoms with Crippen LogP contribution in [0.2, 0.25) is 0 Å². The summed E-state index contributed by atoms with van der Waals surface area (Å²) in [5.74, 6) is 0. The summed E-state index contributed by atoms with van der Waals surface area (Å²) in [4.78, 5) is 11.8. The summed E-state index contributed by atoms with van der Waals surface area (Å²) in [6.07, 6.45) is 0.663. The highest BCUT2D eigenvalue weighted by Gasteiger charge is 2.14. The fourth-order valence-electron chi connectivity index (χ4n) is 1.66. The molecule has 0 aliphatic rings. The number of anilines is 1. The lowest BCUT2D eigenvalue weighted by atomic mass is 10.2. The van der Waals surface area contributed by atoms with Crippen LogP contribution < -0.4 is 10.6 Å². The summed E-state index contributed by atoms with van der Waals surface area (Å²) in [7, 11) is 0. The van der Waals surface area contributed by atoms with Crippen molar-refractivity contribution in [1.29, 1.82) is 0 Å². The Bertz CT molecular complexity index is 555. The van der Waals surface area contributed by atoms with Gasteiger partial charge < -0.3 is 10.4 Å². The molecule has 0 radical (unpaired) electrons. The minimum Gasteiger partial charge on any atom is -0.394 e. The summed E-state index contributed by atoms with van der Waals surface area (Å²) in [6, 6.07) is 8.90. The van der Waals surface area contributed by atoms with Gasteiger partial charge in [0.15, 0.2) is 0 Å². The third-order valence-electron chi connectivity index (χ3n) is 2.81. The fourth-order valence-corrected chi connectivity index (χ4v) is 2.25. The fraction of sp³-hybridized carbons (Fsp3) is 0.308. The molecule has 0 saturated heterocycles. The Kier molecular flexibility index (Phi) is 5.03. The second-order valence-corrected chi connectivity index (χ2v) is 4.96. The largest absolute Gasteiger partial charge is 0.394 e. The average Bonchev–Trinajstić information content (AvgIpc) is 2.93. The first-order valence-corrected chi connectivity index (χ1v) is 7.08. The molecule has 0 saturated carbocycles. The van der Waals surface area contributed by atoms with Crippen molar-refractivity contribution in [1.82, 2.24) is 14.9 Å². The summed E-state index contributed by atoms with van der Waals surface area (Å²) in [5.41, 5.74) is 1.54. The van der Waals surface area contributed by atoms with Crippen LogP contribution in [0.4, 0.5) is 9.80 Å². The van der Waals surface area contributed by atoms with Gasteiger partial charge in [-0.3, -0.25) is 5.32 Å². The molecule has 7 heteroatoms. The van der Waals surface area contributed by atoms with Crippen molar-refractivity contribution in [2.45, 2.75) is 19.4 Å². The van der Waals surface area contributed by atoms with E-state index in [1.54, 1.807) is 0 Å². The quantitative estimate of drug-likeness (QED) is 0.787. The van der Waals surface area contributed by atoms with Crippen molar-refractivity contribution in [3.05, 3.63) is 30.3 Å². The molecule has 2 rings (SSSR count). The zero-order chi connectivity index (χ0) is 14.4. The zero-order valence-corrected chi connectivity index (χ0v) is 11.9. The van der Waals surface area contributed by atoms with Crippen LogP contribution in [-0.4, -0.2) is 33.4 Å². The van der Waals surface area contributed by atoms with E-state index in [0.29, 0.717) is 17.1 Å². The van der Waals surface area contributed by atoms with E-state index in [2.05, 4.69) is 20.2 Å². The number of aromatic nitrogens is 2. The van der Waals surface area contributed by atoms with Crippen LogP contribution in [-0.2, 0) is 0 Å². The molecule has 3 N–H and O–H groups in total. The predicted octanol–water partition coefficient (Wildman–Crippen LogP) is 2.10. The van der Waals surface area contributed by atoms with Crippen molar-refractivity contribution >= 4 is 22.6 Å². The number of nitrogens with one attached hydrogen (secondary N) is 2. The SMILES string of the molecule is CC[C@H](CO)NC(=O)Nc1snnc1-c1ccccc1. The molecule has 1 aromatic heterocycles. The Hall–Kier alpha value is -1.99. The monoisotopic (exact) mass is 292 g/mol. The van der Waals surface area contributed by atoms with Crippen molar-refractivity contribution in [3.8, 4) is 11.3 Å². The molecular weight excluding hydrogens is 276 g/mol. The molecular formula is C13H16N4O2S. The zero-order valence-electron chi connectivity index (χ0n) is 11.0. The number of aliphatic hydroxyl groups is 1. The molecule has 0 unspecified atom stereocenters. The van der Waals surface area contributed by atoms with E-state index >= 15 is 0 Å². The number of rotatable bonds is 5. The van der Waals surface area contributed by atoms with E-state index in [0.717, 1.165) is 17.1 Å². The van der Waals surface area contributed by atoms with E-state index in [4.69, 9.17) is 5.11 Å². The number of aliphatic hydroxyl groups excluding tert-OH is 1. The highest BCUT2D eigenvalue weighted by Crippen LogP contribution is 2.28. The summed E-state index contributed by atoms with van der Waals surface area (Å²) in [6.45, 7) is 1.81. The van der Waals surface area contributed by atoms with E-state index in [1.165, 1.54) is 0 Å². The van der Waals surface area contributed by atoms with Gasteiger partial charge in [-0.25, -0.2) is 4.79 Å². The maximum absolute atomic E-state index is 11.8. The van der Waals surface area contributed by atoms with Gasteiger partial charge in [0.05, 0.1) is 12.6 Å². The minimum absolute atomic E-state index is 0.0869. The summed E-state index contributed by atoms with van der Waals surface area (Å²) < 4.78 is 3.87. The van der Waals surface area contributed by atoms with Crippen molar-refractivity contribution in [3.63, 3.8) is 0 Å². The lowest BCUT2D eigenvalue weighted by Gasteiger charge is -2.14. The maximum Gasteiger partial charge on any atom is 0.320 e. The Morgan fingerprint density at radius 1 is 1.40 bits per heavy atom. The molecule has 1 heterocycles. The van der Waals surface area contributed by atoms with Gasteiger partial charge >= 0.3 is 6.03 Å². The van der Waals surface area contributed by atoms with Gasteiger partial charge in [-0.2, -0.15) is 0 Å². The second-order valence-electron chi connectivity index (χ2n) is 4.20.